The lowest BCUT2D eigenvalue weighted by Crippen LogP contribution is -2.20. The number of aromatic nitrogens is 1. The van der Waals surface area contributed by atoms with Gasteiger partial charge in [0.15, 0.2) is 0 Å². The first kappa shape index (κ1) is 12.2. The van der Waals surface area contributed by atoms with Crippen LogP contribution in [0.3, 0.4) is 0 Å². The number of alkyl halides is 3. The van der Waals surface area contributed by atoms with Crippen LogP contribution >= 0.6 is 34.3 Å². The molecule has 1 atom stereocenters. The summed E-state index contributed by atoms with van der Waals surface area (Å²) in [5.41, 5.74) is 0.381. The molecule has 0 saturated carbocycles. The van der Waals surface area contributed by atoms with Crippen LogP contribution in [0.1, 0.15) is 21.7 Å². The van der Waals surface area contributed by atoms with E-state index in [-0.39, 0.29) is 4.88 Å². The second kappa shape index (κ2) is 4.31. The fraction of sp³-hybridized carbons (Fsp3) is 0.571. The van der Waals surface area contributed by atoms with Crippen molar-refractivity contribution in [2.24, 2.45) is 0 Å². The zero-order valence-electron chi connectivity index (χ0n) is 7.35. The van der Waals surface area contributed by atoms with Crippen molar-refractivity contribution in [1.29, 1.82) is 0 Å². The monoisotopic (exact) mass is 337 g/mol. The van der Waals surface area contributed by atoms with Gasteiger partial charge in [0, 0.05) is 0 Å². The normalized spacial score (nSPS) is 14.4. The van der Waals surface area contributed by atoms with Crippen molar-refractivity contribution >= 4 is 34.3 Å². The van der Waals surface area contributed by atoms with Crippen molar-refractivity contribution < 1.29 is 16.2 Å². The third-order valence-corrected chi connectivity index (χ3v) is 3.19. The molecular formula is C7H7F3INOS. The summed E-state index contributed by atoms with van der Waals surface area (Å²) in [6, 6.07) is 0. The van der Waals surface area contributed by atoms with E-state index in [1.165, 1.54) is 23.0 Å². The summed E-state index contributed by atoms with van der Waals surface area (Å²) in [6.07, 6.45) is -6.25. The topological polar surface area (TPSA) is 22.1 Å². The van der Waals surface area contributed by atoms with Gasteiger partial charge >= 0.3 is 6.18 Å². The fourth-order valence-corrected chi connectivity index (χ4v) is 2.73. The van der Waals surface area contributed by atoms with Gasteiger partial charge in [0.1, 0.15) is 23.0 Å². The Morgan fingerprint density at radius 3 is 2.29 bits per heavy atom. The third-order valence-electron chi connectivity index (χ3n) is 1.56. The van der Waals surface area contributed by atoms with E-state index in [1.54, 1.807) is 13.8 Å². The van der Waals surface area contributed by atoms with E-state index >= 15 is 0 Å². The SMILES string of the molecule is Cc1nc(C)c(C(OI)C(F)(F)F)s1. The van der Waals surface area contributed by atoms with Gasteiger partial charge in [0.05, 0.1) is 15.6 Å². The lowest BCUT2D eigenvalue weighted by molar-refractivity contribution is -0.188. The molecule has 0 aromatic carbocycles. The number of hydrogen-bond donors (Lipinski definition) is 0. The molecule has 1 aromatic rings. The van der Waals surface area contributed by atoms with Gasteiger partial charge in [-0.2, -0.15) is 13.2 Å². The second-order valence-corrected chi connectivity index (χ2v) is 4.44. The van der Waals surface area contributed by atoms with Gasteiger partial charge in [-0.1, -0.05) is 0 Å². The highest BCUT2D eigenvalue weighted by Crippen LogP contribution is 2.40. The van der Waals surface area contributed by atoms with E-state index < -0.39 is 12.3 Å². The Balaban J connectivity index is 3.07. The molecule has 0 saturated heterocycles. The van der Waals surface area contributed by atoms with E-state index in [2.05, 4.69) is 8.05 Å². The molecule has 14 heavy (non-hydrogen) atoms. The van der Waals surface area contributed by atoms with Crippen molar-refractivity contribution in [2.45, 2.75) is 26.1 Å². The van der Waals surface area contributed by atoms with E-state index in [9.17, 15) is 13.2 Å². The smallest absolute Gasteiger partial charge is 0.297 e. The van der Waals surface area contributed by atoms with E-state index in [1.807, 2.05) is 0 Å². The largest absolute Gasteiger partial charge is 0.420 e. The molecule has 1 heterocycles. The zero-order valence-corrected chi connectivity index (χ0v) is 10.3. The van der Waals surface area contributed by atoms with Crippen molar-refractivity contribution in [3.8, 4) is 0 Å². The van der Waals surface area contributed by atoms with Gasteiger partial charge in [-0.25, -0.2) is 4.98 Å². The summed E-state index contributed by atoms with van der Waals surface area (Å²) < 4.78 is 41.7. The zero-order chi connectivity index (χ0) is 10.9. The van der Waals surface area contributed by atoms with Crippen LogP contribution in [0.25, 0.3) is 0 Å². The Kier molecular flexibility index (Phi) is 3.75. The molecule has 1 rings (SSSR count). The fourth-order valence-electron chi connectivity index (χ4n) is 1.03. The molecular weight excluding hydrogens is 330 g/mol. The van der Waals surface area contributed by atoms with Gasteiger partial charge in [-0.05, 0) is 13.8 Å². The quantitative estimate of drug-likeness (QED) is 0.768. The average Bonchev–Trinajstić information content (AvgIpc) is 2.29. The highest BCUT2D eigenvalue weighted by Gasteiger charge is 2.44. The minimum absolute atomic E-state index is 0.129. The minimum atomic E-state index is -4.38. The molecule has 0 aliphatic carbocycles. The standard InChI is InChI=1S/C7H7F3INOS/c1-3-5(14-4(2)12-3)6(13-11)7(8,9)10/h6H,1-2H3. The number of nitrogens with zero attached hydrogens (tertiary/aromatic N) is 1. The summed E-state index contributed by atoms with van der Waals surface area (Å²) in [7, 11) is 0. The molecule has 0 fully saturated rings. The first-order valence-electron chi connectivity index (χ1n) is 3.64. The lowest BCUT2D eigenvalue weighted by Gasteiger charge is -2.15. The maximum atomic E-state index is 12.4. The molecule has 0 aliphatic heterocycles. The van der Waals surface area contributed by atoms with Gasteiger partial charge in [-0.3, -0.25) is 3.07 Å². The molecule has 1 unspecified atom stereocenters. The van der Waals surface area contributed by atoms with Crippen molar-refractivity contribution in [1.82, 2.24) is 4.98 Å². The summed E-state index contributed by atoms with van der Waals surface area (Å²) >= 11 is 2.28. The molecule has 7 heteroatoms. The molecule has 80 valence electrons. The first-order chi connectivity index (χ1) is 6.36. The molecule has 0 N–H and O–H groups in total. The molecule has 1 aromatic heterocycles. The van der Waals surface area contributed by atoms with Crippen LogP contribution in [0, 0.1) is 13.8 Å². The Morgan fingerprint density at radius 1 is 1.43 bits per heavy atom. The predicted octanol–water partition coefficient (Wildman–Crippen LogP) is 3.73. The Morgan fingerprint density at radius 2 is 2.00 bits per heavy atom. The van der Waals surface area contributed by atoms with Crippen LogP contribution in [-0.4, -0.2) is 11.2 Å². The van der Waals surface area contributed by atoms with Crippen molar-refractivity contribution in [3.63, 3.8) is 0 Å². The van der Waals surface area contributed by atoms with Crippen LogP contribution in [0.4, 0.5) is 13.2 Å². The number of aryl methyl sites for hydroxylation is 2. The van der Waals surface area contributed by atoms with Crippen LogP contribution in [0.5, 0.6) is 0 Å². The number of halogens is 4. The summed E-state index contributed by atoms with van der Waals surface area (Å²) in [5, 5.41) is 0.611. The molecule has 0 aliphatic rings. The average molecular weight is 337 g/mol. The highest BCUT2D eigenvalue weighted by molar-refractivity contribution is 14.1. The Bertz CT molecular complexity index is 325. The van der Waals surface area contributed by atoms with E-state index in [0.717, 1.165) is 11.3 Å². The molecule has 2 nitrogen and oxygen atoms in total. The number of rotatable bonds is 2. The highest BCUT2D eigenvalue weighted by atomic mass is 127. The molecule has 0 spiro atoms. The third kappa shape index (κ3) is 2.57. The molecule has 0 amide bonds. The maximum absolute atomic E-state index is 12.4. The molecule has 0 bridgehead atoms. The van der Waals surface area contributed by atoms with Crippen molar-refractivity contribution in [3.05, 3.63) is 15.6 Å². The number of thiazole rings is 1. The summed E-state index contributed by atoms with van der Waals surface area (Å²) in [5.74, 6) is 0. The van der Waals surface area contributed by atoms with Crippen LogP contribution in [0.2, 0.25) is 0 Å². The second-order valence-electron chi connectivity index (χ2n) is 2.69. The maximum Gasteiger partial charge on any atom is 0.420 e. The molecule has 0 radical (unpaired) electrons. The first-order valence-corrected chi connectivity index (χ1v) is 5.34. The minimum Gasteiger partial charge on any atom is -0.297 e. The van der Waals surface area contributed by atoms with Crippen LogP contribution < -0.4 is 0 Å². The Labute approximate surface area is 97.2 Å². The summed E-state index contributed by atoms with van der Waals surface area (Å²) in [4.78, 5) is 4.06. The predicted molar refractivity (Wildman–Crippen MR) is 55.5 cm³/mol. The van der Waals surface area contributed by atoms with Gasteiger partial charge in [0.2, 0.25) is 6.10 Å². The van der Waals surface area contributed by atoms with Gasteiger partial charge < -0.3 is 0 Å². The van der Waals surface area contributed by atoms with E-state index in [0.29, 0.717) is 10.7 Å². The Hall–Kier alpha value is 0.110. The number of hydrogen-bond acceptors (Lipinski definition) is 3. The van der Waals surface area contributed by atoms with Crippen molar-refractivity contribution in [2.75, 3.05) is 0 Å². The summed E-state index contributed by atoms with van der Waals surface area (Å²) in [6.45, 7) is 3.22. The van der Waals surface area contributed by atoms with Crippen LogP contribution in [-0.2, 0) is 3.07 Å². The van der Waals surface area contributed by atoms with Crippen LogP contribution in [0.15, 0.2) is 0 Å². The lowest BCUT2D eigenvalue weighted by atomic mass is 10.2. The van der Waals surface area contributed by atoms with E-state index in [4.69, 9.17) is 0 Å². The van der Waals surface area contributed by atoms with Gasteiger partial charge in [-0.15, -0.1) is 11.3 Å². The van der Waals surface area contributed by atoms with Gasteiger partial charge in [0.25, 0.3) is 0 Å².